The van der Waals surface area contributed by atoms with Gasteiger partial charge >= 0.3 is 29.9 Å². The summed E-state index contributed by atoms with van der Waals surface area (Å²) in [5.74, 6) is -7.43. The van der Waals surface area contributed by atoms with Gasteiger partial charge in [-0.25, -0.2) is 4.79 Å². The summed E-state index contributed by atoms with van der Waals surface area (Å²) in [4.78, 5) is 38.0. The van der Waals surface area contributed by atoms with Gasteiger partial charge in [0.2, 0.25) is 0 Å². The Hall–Kier alpha value is -2.62. The molecule has 38 heavy (non-hydrogen) atoms. The molecule has 5 unspecified atom stereocenters. The van der Waals surface area contributed by atoms with E-state index in [0.717, 1.165) is 12.1 Å². The van der Waals surface area contributed by atoms with Crippen molar-refractivity contribution >= 4 is 35.7 Å². The lowest BCUT2D eigenvalue weighted by atomic mass is 9.76. The summed E-state index contributed by atoms with van der Waals surface area (Å²) in [5, 5.41) is 0. The van der Waals surface area contributed by atoms with Crippen molar-refractivity contribution in [3.05, 3.63) is 34.9 Å². The fourth-order valence-electron chi connectivity index (χ4n) is 5.96. The van der Waals surface area contributed by atoms with Gasteiger partial charge in [-0.05, 0) is 36.5 Å². The molecule has 208 valence electrons. The molecular weight excluding hydrogens is 549 g/mol. The number of carbonyl (C=O) groups excluding carboxylic acids is 3. The van der Waals surface area contributed by atoms with Gasteiger partial charge in [-0.2, -0.15) is 34.8 Å². The molecule has 4 rings (SSSR count). The molecular formula is C22H21BF6O8S. The Labute approximate surface area is 213 Å². The summed E-state index contributed by atoms with van der Waals surface area (Å²) < 4.78 is 121. The molecule has 1 saturated heterocycles. The summed E-state index contributed by atoms with van der Waals surface area (Å²) in [6.07, 6.45) is -12.0. The Balaban J connectivity index is 1.63. The predicted octanol–water partition coefficient (Wildman–Crippen LogP) is 2.04. The number of fused-ring (bicyclic) bond motifs is 1. The van der Waals surface area contributed by atoms with E-state index >= 15 is 0 Å². The van der Waals surface area contributed by atoms with Crippen LogP contribution in [0.4, 0.5) is 26.3 Å². The van der Waals surface area contributed by atoms with Crippen LogP contribution in [-0.4, -0.2) is 68.3 Å². The number of halogens is 6. The maximum Gasteiger partial charge on any atom is 0.438 e. The summed E-state index contributed by atoms with van der Waals surface area (Å²) >= 11 is 0. The zero-order valence-corrected chi connectivity index (χ0v) is 20.5. The Morgan fingerprint density at radius 3 is 2.26 bits per heavy atom. The Morgan fingerprint density at radius 2 is 1.71 bits per heavy atom. The van der Waals surface area contributed by atoms with Crippen molar-refractivity contribution in [2.75, 3.05) is 5.75 Å². The molecule has 2 saturated carbocycles. The van der Waals surface area contributed by atoms with Crippen LogP contribution >= 0.6 is 0 Å². The topological polar surface area (TPSA) is 124 Å². The smallest absolute Gasteiger partial charge is 0.438 e. The molecule has 16 heteroatoms. The molecule has 1 aliphatic heterocycles. The standard InChI is InChI=1S/C22H21BF6O8S/c23-7-10-2-1-9(18(31)37-20(21(24,25)26,22(27,28)29)8-38(33,34)35)3-11(10)5-14(30)16-12-4-13-15(6-12)36-19(32)17(13)16/h1-3,12-13,15-17H,4-8,23H2,(H,33,34,35). The van der Waals surface area contributed by atoms with E-state index in [1.165, 1.54) is 6.07 Å². The van der Waals surface area contributed by atoms with Crippen LogP contribution in [-0.2, 0) is 41.9 Å². The third-order valence-corrected chi connectivity index (χ3v) is 8.38. The molecule has 1 aromatic rings. The first-order valence-electron chi connectivity index (χ1n) is 11.6. The predicted molar refractivity (Wildman–Crippen MR) is 117 cm³/mol. The number of ether oxygens (including phenoxy) is 2. The number of hydrogen-bond donors (Lipinski definition) is 1. The highest BCUT2D eigenvalue weighted by Gasteiger charge is 2.76. The van der Waals surface area contributed by atoms with Gasteiger partial charge in [-0.3, -0.25) is 14.1 Å². The Bertz CT molecular complexity index is 1260. The highest BCUT2D eigenvalue weighted by Crippen LogP contribution is 2.58. The summed E-state index contributed by atoms with van der Waals surface area (Å²) in [6.45, 7) is 0. The first-order valence-corrected chi connectivity index (χ1v) is 13.2. The summed E-state index contributed by atoms with van der Waals surface area (Å²) in [5.41, 5.74) is -5.74. The second-order valence-electron chi connectivity index (χ2n) is 9.84. The van der Waals surface area contributed by atoms with Crippen molar-refractivity contribution in [3.63, 3.8) is 0 Å². The molecule has 2 aliphatic carbocycles. The third kappa shape index (κ3) is 4.80. The zero-order chi connectivity index (χ0) is 28.4. The fraction of sp³-hybridized carbons (Fsp3) is 0.591. The van der Waals surface area contributed by atoms with Crippen molar-refractivity contribution in [2.45, 2.75) is 49.6 Å². The second kappa shape index (κ2) is 9.24. The van der Waals surface area contributed by atoms with Crippen LogP contribution in [0.1, 0.15) is 34.3 Å². The molecule has 1 N–H and O–H groups in total. The van der Waals surface area contributed by atoms with Gasteiger partial charge in [0, 0.05) is 18.3 Å². The molecule has 1 aromatic carbocycles. The van der Waals surface area contributed by atoms with E-state index in [0.29, 0.717) is 24.7 Å². The first kappa shape index (κ1) is 28.4. The number of hydrogen-bond acceptors (Lipinski definition) is 7. The molecule has 0 spiro atoms. The van der Waals surface area contributed by atoms with E-state index in [1.54, 1.807) is 7.85 Å². The lowest BCUT2D eigenvalue weighted by Gasteiger charge is -2.35. The van der Waals surface area contributed by atoms with Crippen molar-refractivity contribution in [3.8, 4) is 0 Å². The van der Waals surface area contributed by atoms with E-state index in [4.69, 9.17) is 9.29 Å². The van der Waals surface area contributed by atoms with E-state index in [-0.39, 0.29) is 35.7 Å². The Morgan fingerprint density at radius 1 is 1.08 bits per heavy atom. The van der Waals surface area contributed by atoms with Gasteiger partial charge < -0.3 is 9.47 Å². The normalized spacial score (nSPS) is 26.9. The number of Topliss-reactive ketones (excluding diaryl/α,β-unsaturated/α-hetero) is 1. The minimum atomic E-state index is -6.46. The lowest BCUT2D eigenvalue weighted by molar-refractivity contribution is -0.356. The SMILES string of the molecule is BCc1ccc(C(=O)OC(CS(=O)(=O)O)(C(F)(F)F)C(F)(F)F)cc1CC(=O)C1C2CC3OC(=O)C1C3C2. The van der Waals surface area contributed by atoms with Crippen LogP contribution in [0.15, 0.2) is 18.2 Å². The molecule has 1 heterocycles. The number of ketones is 1. The van der Waals surface area contributed by atoms with Crippen molar-refractivity contribution in [1.82, 2.24) is 0 Å². The first-order chi connectivity index (χ1) is 17.4. The molecule has 5 atom stereocenters. The van der Waals surface area contributed by atoms with Gasteiger partial charge in [0.15, 0.2) is 0 Å². The molecule has 3 fully saturated rings. The minimum absolute atomic E-state index is 0.0749. The van der Waals surface area contributed by atoms with Gasteiger partial charge in [-0.15, -0.1) is 0 Å². The molecule has 8 nitrogen and oxygen atoms in total. The van der Waals surface area contributed by atoms with Gasteiger partial charge in [0.05, 0.1) is 11.5 Å². The largest absolute Gasteiger partial charge is 0.462 e. The molecule has 0 radical (unpaired) electrons. The number of esters is 2. The van der Waals surface area contributed by atoms with E-state index in [1.807, 2.05) is 0 Å². The molecule has 0 amide bonds. The number of benzene rings is 1. The van der Waals surface area contributed by atoms with Gasteiger partial charge in [0.25, 0.3) is 10.1 Å². The van der Waals surface area contributed by atoms with Crippen LogP contribution in [0.25, 0.3) is 0 Å². The lowest BCUT2D eigenvalue weighted by Crippen LogP contribution is -2.63. The van der Waals surface area contributed by atoms with E-state index in [9.17, 15) is 49.1 Å². The van der Waals surface area contributed by atoms with Gasteiger partial charge in [-0.1, -0.05) is 17.9 Å². The summed E-state index contributed by atoms with van der Waals surface area (Å²) in [7, 11) is -4.26. The van der Waals surface area contributed by atoms with Crippen molar-refractivity contribution in [1.29, 1.82) is 0 Å². The number of carbonyl (C=O) groups is 3. The maximum atomic E-state index is 13.5. The third-order valence-electron chi connectivity index (χ3n) is 7.61. The average Bonchev–Trinajstić information content (AvgIpc) is 3.39. The van der Waals surface area contributed by atoms with Gasteiger partial charge in [0.1, 0.15) is 25.5 Å². The van der Waals surface area contributed by atoms with Crippen LogP contribution in [0.2, 0.25) is 0 Å². The van der Waals surface area contributed by atoms with Crippen LogP contribution < -0.4 is 0 Å². The quantitative estimate of drug-likeness (QED) is 0.218. The monoisotopic (exact) mass is 570 g/mol. The van der Waals surface area contributed by atoms with E-state index < -0.39 is 63.2 Å². The van der Waals surface area contributed by atoms with Crippen molar-refractivity contribution in [2.24, 2.45) is 23.7 Å². The van der Waals surface area contributed by atoms with Crippen LogP contribution in [0.5, 0.6) is 0 Å². The Kier molecular flexibility index (Phi) is 6.91. The minimum Gasteiger partial charge on any atom is -0.462 e. The highest BCUT2D eigenvalue weighted by atomic mass is 32.2. The summed E-state index contributed by atoms with van der Waals surface area (Å²) in [6, 6.07) is 3.02. The van der Waals surface area contributed by atoms with Crippen LogP contribution in [0, 0.1) is 23.7 Å². The second-order valence-corrected chi connectivity index (χ2v) is 11.3. The number of rotatable bonds is 8. The zero-order valence-electron chi connectivity index (χ0n) is 19.6. The molecule has 0 aromatic heterocycles. The number of alkyl halides is 6. The average molecular weight is 570 g/mol. The molecule has 3 aliphatic rings. The molecule has 2 bridgehead atoms. The highest BCUT2D eigenvalue weighted by molar-refractivity contribution is 7.85. The van der Waals surface area contributed by atoms with E-state index in [2.05, 4.69) is 4.74 Å². The maximum absolute atomic E-state index is 13.5. The van der Waals surface area contributed by atoms with Crippen molar-refractivity contribution < 1.29 is 63.2 Å². The van der Waals surface area contributed by atoms with Crippen LogP contribution in [0.3, 0.4) is 0 Å². The fourth-order valence-corrected chi connectivity index (χ4v) is 6.86.